The van der Waals surface area contributed by atoms with Crippen LogP contribution in [0.25, 0.3) is 0 Å². The molecule has 0 aliphatic rings. The van der Waals surface area contributed by atoms with Crippen LogP contribution >= 0.6 is 27.7 Å². The lowest BCUT2D eigenvalue weighted by Crippen LogP contribution is -2.18. The smallest absolute Gasteiger partial charge is 0.0413 e. The molecule has 2 aromatic rings. The summed E-state index contributed by atoms with van der Waals surface area (Å²) in [7, 11) is 2.03. The molecule has 0 spiro atoms. The van der Waals surface area contributed by atoms with Crippen LogP contribution in [-0.4, -0.2) is 12.8 Å². The second kappa shape index (κ2) is 7.30. The van der Waals surface area contributed by atoms with Gasteiger partial charge in [-0.3, -0.25) is 0 Å². The predicted molar refractivity (Wildman–Crippen MR) is 92.6 cm³/mol. The monoisotopic (exact) mass is 349 g/mol. The SMILES string of the molecule is CNC(CSc1cccc(Br)c1)c1ccc(C)c(C)c1. The summed E-state index contributed by atoms with van der Waals surface area (Å²) in [4.78, 5) is 1.29. The van der Waals surface area contributed by atoms with Crippen LogP contribution in [0.3, 0.4) is 0 Å². The van der Waals surface area contributed by atoms with Crippen LogP contribution in [0.15, 0.2) is 51.8 Å². The molecule has 106 valence electrons. The average molecular weight is 350 g/mol. The molecule has 0 aromatic heterocycles. The second-order valence-electron chi connectivity index (χ2n) is 4.95. The molecule has 0 bridgehead atoms. The van der Waals surface area contributed by atoms with Gasteiger partial charge in [0.05, 0.1) is 0 Å². The van der Waals surface area contributed by atoms with Crippen molar-refractivity contribution in [3.05, 3.63) is 63.6 Å². The molecule has 0 aliphatic carbocycles. The number of halogens is 1. The first-order valence-electron chi connectivity index (χ1n) is 6.73. The van der Waals surface area contributed by atoms with E-state index in [2.05, 4.69) is 77.6 Å². The lowest BCUT2D eigenvalue weighted by molar-refractivity contribution is 0.661. The van der Waals surface area contributed by atoms with E-state index in [0.29, 0.717) is 6.04 Å². The Bertz CT molecular complexity index is 583. The minimum Gasteiger partial charge on any atom is -0.312 e. The Balaban J connectivity index is 2.07. The summed E-state index contributed by atoms with van der Waals surface area (Å²) in [5.74, 6) is 1.02. The number of rotatable bonds is 5. The lowest BCUT2D eigenvalue weighted by atomic mass is 10.0. The van der Waals surface area contributed by atoms with Crippen LogP contribution < -0.4 is 5.32 Å². The molecule has 0 aliphatic heterocycles. The van der Waals surface area contributed by atoms with Gasteiger partial charge in [0.25, 0.3) is 0 Å². The van der Waals surface area contributed by atoms with Crippen LogP contribution in [0.4, 0.5) is 0 Å². The van der Waals surface area contributed by atoms with E-state index >= 15 is 0 Å². The molecule has 1 atom stereocenters. The molecule has 1 unspecified atom stereocenters. The first-order valence-corrected chi connectivity index (χ1v) is 8.51. The molecule has 0 amide bonds. The highest BCUT2D eigenvalue weighted by Gasteiger charge is 2.10. The summed E-state index contributed by atoms with van der Waals surface area (Å²) in [6, 6.07) is 15.6. The van der Waals surface area contributed by atoms with E-state index in [1.54, 1.807) is 0 Å². The number of nitrogens with one attached hydrogen (secondary N) is 1. The minimum absolute atomic E-state index is 0.373. The molecular weight excluding hydrogens is 330 g/mol. The Kier molecular flexibility index (Phi) is 5.70. The van der Waals surface area contributed by atoms with E-state index in [4.69, 9.17) is 0 Å². The van der Waals surface area contributed by atoms with E-state index < -0.39 is 0 Å². The van der Waals surface area contributed by atoms with Gasteiger partial charge in [0, 0.05) is 21.2 Å². The van der Waals surface area contributed by atoms with Crippen LogP contribution in [-0.2, 0) is 0 Å². The molecule has 2 aromatic carbocycles. The summed E-state index contributed by atoms with van der Waals surface area (Å²) in [6.45, 7) is 4.33. The van der Waals surface area contributed by atoms with Crippen LogP contribution in [0.2, 0.25) is 0 Å². The summed E-state index contributed by atoms with van der Waals surface area (Å²) in [5.41, 5.74) is 4.07. The van der Waals surface area contributed by atoms with Gasteiger partial charge in [0.15, 0.2) is 0 Å². The first kappa shape index (κ1) is 15.6. The fourth-order valence-corrected chi connectivity index (χ4v) is 3.72. The second-order valence-corrected chi connectivity index (χ2v) is 6.96. The molecular formula is C17H20BrNS. The number of hydrogen-bond acceptors (Lipinski definition) is 2. The quantitative estimate of drug-likeness (QED) is 0.752. The van der Waals surface area contributed by atoms with Gasteiger partial charge in [-0.15, -0.1) is 11.8 Å². The highest BCUT2D eigenvalue weighted by molar-refractivity contribution is 9.10. The zero-order chi connectivity index (χ0) is 14.5. The highest BCUT2D eigenvalue weighted by atomic mass is 79.9. The zero-order valence-corrected chi connectivity index (χ0v) is 14.5. The maximum atomic E-state index is 3.52. The zero-order valence-electron chi connectivity index (χ0n) is 12.1. The van der Waals surface area contributed by atoms with Crippen molar-refractivity contribution in [1.29, 1.82) is 0 Å². The Morgan fingerprint density at radius 3 is 2.55 bits per heavy atom. The summed E-state index contributed by atoms with van der Waals surface area (Å²) >= 11 is 5.40. The standard InChI is InChI=1S/C17H20BrNS/c1-12-7-8-14(9-13(12)2)17(19-3)11-20-16-6-4-5-15(18)10-16/h4-10,17,19H,11H2,1-3H3. The normalized spacial score (nSPS) is 12.4. The van der Waals surface area contributed by atoms with Crippen molar-refractivity contribution < 1.29 is 0 Å². The van der Waals surface area contributed by atoms with Crippen molar-refractivity contribution in [2.45, 2.75) is 24.8 Å². The summed E-state index contributed by atoms with van der Waals surface area (Å²) in [6.07, 6.45) is 0. The minimum atomic E-state index is 0.373. The van der Waals surface area contributed by atoms with Crippen molar-refractivity contribution in [3.8, 4) is 0 Å². The Morgan fingerprint density at radius 2 is 1.90 bits per heavy atom. The Morgan fingerprint density at radius 1 is 1.10 bits per heavy atom. The number of thioether (sulfide) groups is 1. The molecule has 1 nitrogen and oxygen atoms in total. The predicted octanol–water partition coefficient (Wildman–Crippen LogP) is 5.12. The van der Waals surface area contributed by atoms with Crippen LogP contribution in [0.5, 0.6) is 0 Å². The van der Waals surface area contributed by atoms with E-state index in [1.165, 1.54) is 21.6 Å². The lowest BCUT2D eigenvalue weighted by Gasteiger charge is -2.17. The van der Waals surface area contributed by atoms with Gasteiger partial charge in [-0.1, -0.05) is 40.2 Å². The van der Waals surface area contributed by atoms with Crippen LogP contribution in [0, 0.1) is 13.8 Å². The van der Waals surface area contributed by atoms with Gasteiger partial charge >= 0.3 is 0 Å². The molecule has 20 heavy (non-hydrogen) atoms. The molecule has 0 fully saturated rings. The Hall–Kier alpha value is -0.770. The third-order valence-electron chi connectivity index (χ3n) is 3.49. The van der Waals surface area contributed by atoms with E-state index in [0.717, 1.165) is 10.2 Å². The largest absolute Gasteiger partial charge is 0.312 e. The first-order chi connectivity index (χ1) is 9.60. The van der Waals surface area contributed by atoms with Gasteiger partial charge in [-0.2, -0.15) is 0 Å². The fraction of sp³-hybridized carbons (Fsp3) is 0.294. The summed E-state index contributed by atoms with van der Waals surface area (Å²) < 4.78 is 1.13. The number of hydrogen-bond donors (Lipinski definition) is 1. The van der Waals surface area contributed by atoms with Crippen molar-refractivity contribution in [3.63, 3.8) is 0 Å². The maximum absolute atomic E-state index is 3.52. The van der Waals surface area contributed by atoms with Gasteiger partial charge in [-0.05, 0) is 55.8 Å². The molecule has 1 N–H and O–H groups in total. The maximum Gasteiger partial charge on any atom is 0.0413 e. The third kappa shape index (κ3) is 4.11. The molecule has 2 rings (SSSR count). The molecule has 0 saturated carbocycles. The summed E-state index contributed by atoms with van der Waals surface area (Å²) in [5, 5.41) is 3.42. The van der Waals surface area contributed by atoms with Crippen molar-refractivity contribution in [1.82, 2.24) is 5.32 Å². The topological polar surface area (TPSA) is 12.0 Å². The fourth-order valence-electron chi connectivity index (χ4n) is 2.06. The number of aryl methyl sites for hydroxylation is 2. The third-order valence-corrected chi connectivity index (χ3v) is 5.08. The Labute approximate surface area is 134 Å². The van der Waals surface area contributed by atoms with Gasteiger partial charge in [0.2, 0.25) is 0 Å². The molecule has 3 heteroatoms. The van der Waals surface area contributed by atoms with E-state index in [1.807, 2.05) is 18.8 Å². The molecule has 0 radical (unpaired) electrons. The van der Waals surface area contributed by atoms with Gasteiger partial charge < -0.3 is 5.32 Å². The highest BCUT2D eigenvalue weighted by Crippen LogP contribution is 2.27. The van der Waals surface area contributed by atoms with E-state index in [-0.39, 0.29) is 0 Å². The number of benzene rings is 2. The van der Waals surface area contributed by atoms with Gasteiger partial charge in [-0.25, -0.2) is 0 Å². The molecule has 0 heterocycles. The van der Waals surface area contributed by atoms with Crippen molar-refractivity contribution in [2.24, 2.45) is 0 Å². The molecule has 0 saturated heterocycles. The van der Waals surface area contributed by atoms with Crippen LogP contribution in [0.1, 0.15) is 22.7 Å². The van der Waals surface area contributed by atoms with Crippen molar-refractivity contribution >= 4 is 27.7 Å². The van der Waals surface area contributed by atoms with E-state index in [9.17, 15) is 0 Å². The van der Waals surface area contributed by atoms with Gasteiger partial charge in [0.1, 0.15) is 0 Å². The average Bonchev–Trinajstić information content (AvgIpc) is 2.43. The van der Waals surface area contributed by atoms with Crippen molar-refractivity contribution in [2.75, 3.05) is 12.8 Å².